The molecule has 1 aliphatic rings. The molecule has 0 aliphatic heterocycles. The number of halogens is 1. The average Bonchev–Trinajstić information content (AvgIpc) is 3.05. The standard InChI is InChI=1S/C22H26ClN3O2/c1-24-18-14-26(17-8-6-4-3-5-7-9-17)20(15-10-12-16(23)13-11-15)19(18)21(27)25(2)22(24)28/h10-14,17H,3-9H2,1-2H3. The van der Waals surface area contributed by atoms with E-state index in [4.69, 9.17) is 11.6 Å². The Morgan fingerprint density at radius 3 is 2.14 bits per heavy atom. The van der Waals surface area contributed by atoms with Gasteiger partial charge in [0.15, 0.2) is 0 Å². The number of hydrogen-bond acceptors (Lipinski definition) is 2. The summed E-state index contributed by atoms with van der Waals surface area (Å²) < 4.78 is 5.03. The zero-order chi connectivity index (χ0) is 19.8. The topological polar surface area (TPSA) is 48.9 Å². The second-order valence-corrected chi connectivity index (χ2v) is 8.29. The normalized spacial score (nSPS) is 16.2. The Morgan fingerprint density at radius 2 is 1.50 bits per heavy atom. The highest BCUT2D eigenvalue weighted by Gasteiger charge is 2.23. The van der Waals surface area contributed by atoms with Crippen LogP contribution in [-0.2, 0) is 14.1 Å². The van der Waals surface area contributed by atoms with Crippen LogP contribution in [0.5, 0.6) is 0 Å². The van der Waals surface area contributed by atoms with Crippen LogP contribution in [0, 0.1) is 0 Å². The third-order valence-corrected chi connectivity index (χ3v) is 6.30. The van der Waals surface area contributed by atoms with E-state index in [1.165, 1.54) is 36.7 Å². The van der Waals surface area contributed by atoms with Gasteiger partial charge in [-0.3, -0.25) is 13.9 Å². The molecule has 1 aliphatic carbocycles. The van der Waals surface area contributed by atoms with Crippen molar-refractivity contribution in [3.8, 4) is 11.3 Å². The quantitative estimate of drug-likeness (QED) is 0.630. The maximum atomic E-state index is 13.1. The molecule has 0 radical (unpaired) electrons. The third-order valence-electron chi connectivity index (χ3n) is 6.05. The van der Waals surface area contributed by atoms with Gasteiger partial charge in [-0.15, -0.1) is 0 Å². The second-order valence-electron chi connectivity index (χ2n) is 7.86. The molecule has 148 valence electrons. The van der Waals surface area contributed by atoms with E-state index in [2.05, 4.69) is 4.57 Å². The van der Waals surface area contributed by atoms with Crippen molar-refractivity contribution in [2.75, 3.05) is 0 Å². The molecule has 0 amide bonds. The van der Waals surface area contributed by atoms with Crippen molar-refractivity contribution in [2.45, 2.75) is 51.0 Å². The molecule has 4 rings (SSSR count). The van der Waals surface area contributed by atoms with Crippen LogP contribution in [0.15, 0.2) is 40.1 Å². The predicted octanol–water partition coefficient (Wildman–Crippen LogP) is 4.64. The van der Waals surface area contributed by atoms with E-state index in [0.717, 1.165) is 24.1 Å². The molecular formula is C22H26ClN3O2. The first kappa shape index (κ1) is 19.1. The summed E-state index contributed by atoms with van der Waals surface area (Å²) in [5, 5.41) is 1.27. The summed E-state index contributed by atoms with van der Waals surface area (Å²) in [7, 11) is 3.28. The first-order valence-corrected chi connectivity index (χ1v) is 10.4. The highest BCUT2D eigenvalue weighted by Crippen LogP contribution is 2.36. The van der Waals surface area contributed by atoms with Gasteiger partial charge in [0.05, 0.1) is 16.6 Å². The number of fused-ring (bicyclic) bond motifs is 1. The Kier molecular flexibility index (Phi) is 5.19. The molecule has 2 heterocycles. The Balaban J connectivity index is 2.03. The van der Waals surface area contributed by atoms with Gasteiger partial charge in [0, 0.05) is 31.4 Å². The molecule has 1 saturated carbocycles. The lowest BCUT2D eigenvalue weighted by Gasteiger charge is -2.24. The summed E-state index contributed by atoms with van der Waals surface area (Å²) >= 11 is 6.10. The van der Waals surface area contributed by atoms with Gasteiger partial charge in [0.2, 0.25) is 0 Å². The largest absolute Gasteiger partial charge is 0.342 e. The van der Waals surface area contributed by atoms with Crippen molar-refractivity contribution < 1.29 is 0 Å². The monoisotopic (exact) mass is 399 g/mol. The molecular weight excluding hydrogens is 374 g/mol. The van der Waals surface area contributed by atoms with Gasteiger partial charge in [-0.1, -0.05) is 55.8 Å². The Labute approximate surface area is 169 Å². The average molecular weight is 400 g/mol. The molecule has 0 atom stereocenters. The summed E-state index contributed by atoms with van der Waals surface area (Å²) in [6, 6.07) is 7.95. The number of aromatic nitrogens is 3. The Hall–Kier alpha value is -2.27. The molecule has 2 aromatic heterocycles. The molecule has 0 bridgehead atoms. The van der Waals surface area contributed by atoms with Gasteiger partial charge in [-0.2, -0.15) is 0 Å². The van der Waals surface area contributed by atoms with Crippen molar-refractivity contribution in [3.63, 3.8) is 0 Å². The molecule has 3 aromatic rings. The smallest absolute Gasteiger partial charge is 0.330 e. The predicted molar refractivity (Wildman–Crippen MR) is 114 cm³/mol. The second kappa shape index (κ2) is 7.63. The molecule has 0 unspecified atom stereocenters. The van der Waals surface area contributed by atoms with E-state index < -0.39 is 0 Å². The third kappa shape index (κ3) is 3.22. The minimum absolute atomic E-state index is 0.243. The van der Waals surface area contributed by atoms with Gasteiger partial charge < -0.3 is 4.57 Å². The summed E-state index contributed by atoms with van der Waals surface area (Å²) in [6.45, 7) is 0. The number of benzene rings is 1. The molecule has 0 saturated heterocycles. The first-order valence-electron chi connectivity index (χ1n) is 10.1. The van der Waals surface area contributed by atoms with Crippen molar-refractivity contribution in [2.24, 2.45) is 14.1 Å². The van der Waals surface area contributed by atoms with Gasteiger partial charge in [-0.05, 0) is 30.5 Å². The van der Waals surface area contributed by atoms with Crippen LogP contribution in [0.4, 0.5) is 0 Å². The lowest BCUT2D eigenvalue weighted by atomic mass is 9.96. The van der Waals surface area contributed by atoms with Crippen LogP contribution in [-0.4, -0.2) is 13.7 Å². The van der Waals surface area contributed by atoms with Crippen molar-refractivity contribution in [1.82, 2.24) is 13.7 Å². The van der Waals surface area contributed by atoms with E-state index in [1.807, 2.05) is 30.5 Å². The van der Waals surface area contributed by atoms with Crippen LogP contribution in [0.3, 0.4) is 0 Å². The number of hydrogen-bond donors (Lipinski definition) is 0. The van der Waals surface area contributed by atoms with Gasteiger partial charge in [0.25, 0.3) is 5.56 Å². The Bertz CT molecular complexity index is 1110. The van der Waals surface area contributed by atoms with Crippen LogP contribution in [0.2, 0.25) is 5.02 Å². The summed E-state index contributed by atoms with van der Waals surface area (Å²) in [4.78, 5) is 25.6. The minimum atomic E-state index is -0.296. The fourth-order valence-electron chi connectivity index (χ4n) is 4.46. The lowest BCUT2D eigenvalue weighted by molar-refractivity contribution is 0.375. The maximum Gasteiger partial charge on any atom is 0.330 e. The van der Waals surface area contributed by atoms with E-state index in [0.29, 0.717) is 22.0 Å². The van der Waals surface area contributed by atoms with Gasteiger partial charge in [0.1, 0.15) is 0 Å². The molecule has 1 aromatic carbocycles. The molecule has 0 N–H and O–H groups in total. The van der Waals surface area contributed by atoms with Crippen molar-refractivity contribution in [1.29, 1.82) is 0 Å². The number of rotatable bonds is 2. The Morgan fingerprint density at radius 1 is 0.893 bits per heavy atom. The number of nitrogens with zero attached hydrogens (tertiary/aromatic N) is 3. The van der Waals surface area contributed by atoms with Crippen LogP contribution < -0.4 is 11.2 Å². The van der Waals surface area contributed by atoms with E-state index >= 15 is 0 Å². The summed E-state index contributed by atoms with van der Waals surface area (Å²) in [5.74, 6) is 0. The highest BCUT2D eigenvalue weighted by molar-refractivity contribution is 6.30. The van der Waals surface area contributed by atoms with E-state index in [9.17, 15) is 9.59 Å². The SMILES string of the molecule is Cn1c(=O)c2c(-c3ccc(Cl)cc3)n(C3CCCCCCC3)cc2n(C)c1=O. The van der Waals surface area contributed by atoms with E-state index in [-0.39, 0.29) is 11.2 Å². The van der Waals surface area contributed by atoms with Crippen molar-refractivity contribution in [3.05, 3.63) is 56.3 Å². The van der Waals surface area contributed by atoms with E-state index in [1.54, 1.807) is 18.7 Å². The van der Waals surface area contributed by atoms with Gasteiger partial charge >= 0.3 is 5.69 Å². The van der Waals surface area contributed by atoms with Crippen LogP contribution in [0.1, 0.15) is 51.0 Å². The summed E-state index contributed by atoms with van der Waals surface area (Å²) in [6.07, 6.45) is 10.4. The highest BCUT2D eigenvalue weighted by atomic mass is 35.5. The zero-order valence-corrected chi connectivity index (χ0v) is 17.2. The van der Waals surface area contributed by atoms with Crippen LogP contribution in [0.25, 0.3) is 22.2 Å². The zero-order valence-electron chi connectivity index (χ0n) is 16.4. The molecule has 5 nitrogen and oxygen atoms in total. The minimum Gasteiger partial charge on any atom is -0.342 e. The fraction of sp³-hybridized carbons (Fsp3) is 0.455. The molecule has 28 heavy (non-hydrogen) atoms. The summed E-state index contributed by atoms with van der Waals surface area (Å²) in [5.41, 5.74) is 2.01. The molecule has 0 spiro atoms. The van der Waals surface area contributed by atoms with Crippen molar-refractivity contribution >= 4 is 22.5 Å². The lowest BCUT2D eigenvalue weighted by Crippen LogP contribution is -2.36. The molecule has 1 fully saturated rings. The molecule has 6 heteroatoms. The van der Waals surface area contributed by atoms with Gasteiger partial charge in [-0.25, -0.2) is 4.79 Å². The maximum absolute atomic E-state index is 13.1. The first-order chi connectivity index (χ1) is 13.5. The number of aryl methyl sites for hydroxylation is 1. The fourth-order valence-corrected chi connectivity index (χ4v) is 4.59. The van der Waals surface area contributed by atoms with Crippen LogP contribution >= 0.6 is 11.6 Å².